The van der Waals surface area contributed by atoms with Gasteiger partial charge >= 0.3 is 6.03 Å². The summed E-state index contributed by atoms with van der Waals surface area (Å²) in [6, 6.07) is 7.02. The number of rotatable bonds is 5. The Hall–Kier alpha value is -2.86. The minimum absolute atomic E-state index is 0.138. The lowest BCUT2D eigenvalue weighted by molar-refractivity contribution is -0.127. The second-order valence-corrected chi connectivity index (χ2v) is 10.7. The van der Waals surface area contributed by atoms with Crippen molar-refractivity contribution in [2.75, 3.05) is 32.4 Å². The van der Waals surface area contributed by atoms with Crippen LogP contribution in [0.15, 0.2) is 33.6 Å². The van der Waals surface area contributed by atoms with E-state index in [1.165, 1.54) is 4.90 Å². The first-order valence-electron chi connectivity index (χ1n) is 10.9. The van der Waals surface area contributed by atoms with Crippen molar-refractivity contribution in [2.45, 2.75) is 29.4 Å². The fourth-order valence-corrected chi connectivity index (χ4v) is 6.60. The lowest BCUT2D eigenvalue weighted by Gasteiger charge is -2.39. The van der Waals surface area contributed by atoms with Gasteiger partial charge in [-0.2, -0.15) is 0 Å². The fourth-order valence-electron chi connectivity index (χ4n) is 4.52. The SMILES string of the molecule is CN1C(=O)NC(=O)C2C1N=C(N1CCC(C(N)=O)CC1)N2CCSc1nc2ccccc2s1. The number of likely N-dealkylation sites (N-methyl/N-ethyl adjacent to an activating group) is 1. The van der Waals surface area contributed by atoms with Crippen LogP contribution in [0.3, 0.4) is 0 Å². The van der Waals surface area contributed by atoms with Crippen molar-refractivity contribution in [3.8, 4) is 0 Å². The zero-order valence-electron chi connectivity index (χ0n) is 18.1. The van der Waals surface area contributed by atoms with Crippen LogP contribution in [0.5, 0.6) is 0 Å². The van der Waals surface area contributed by atoms with Crippen molar-refractivity contribution in [2.24, 2.45) is 16.6 Å². The molecule has 1 aromatic carbocycles. The molecule has 5 rings (SSSR count). The first-order valence-corrected chi connectivity index (χ1v) is 12.7. The average molecular weight is 488 g/mol. The Kier molecular flexibility index (Phi) is 5.87. The highest BCUT2D eigenvalue weighted by atomic mass is 32.2. The second kappa shape index (κ2) is 8.82. The van der Waals surface area contributed by atoms with Gasteiger partial charge in [-0.05, 0) is 25.0 Å². The number of para-hydroxylation sites is 1. The number of nitrogens with two attached hydrogens (primary N) is 1. The molecule has 0 bridgehead atoms. The van der Waals surface area contributed by atoms with Gasteiger partial charge < -0.3 is 20.4 Å². The molecule has 2 aromatic rings. The minimum Gasteiger partial charge on any atom is -0.369 e. The largest absolute Gasteiger partial charge is 0.369 e. The normalized spacial score (nSPS) is 23.7. The van der Waals surface area contributed by atoms with Gasteiger partial charge in [0.15, 0.2) is 22.5 Å². The lowest BCUT2D eigenvalue weighted by Crippen LogP contribution is -2.64. The molecular weight excluding hydrogens is 462 g/mol. The van der Waals surface area contributed by atoms with E-state index in [4.69, 9.17) is 10.7 Å². The number of hydrogen-bond acceptors (Lipinski definition) is 9. The third kappa shape index (κ3) is 4.12. The molecule has 2 unspecified atom stereocenters. The van der Waals surface area contributed by atoms with E-state index < -0.39 is 18.2 Å². The highest BCUT2D eigenvalue weighted by Gasteiger charge is 2.49. The molecule has 2 fully saturated rings. The van der Waals surface area contributed by atoms with Crippen LogP contribution in [-0.2, 0) is 9.59 Å². The van der Waals surface area contributed by atoms with Crippen LogP contribution in [-0.4, -0.2) is 88.1 Å². The van der Waals surface area contributed by atoms with Crippen LogP contribution >= 0.6 is 23.1 Å². The van der Waals surface area contributed by atoms with E-state index >= 15 is 0 Å². The maximum atomic E-state index is 12.8. The summed E-state index contributed by atoms with van der Waals surface area (Å²) in [5.41, 5.74) is 6.47. The van der Waals surface area contributed by atoms with Crippen molar-refractivity contribution in [3.63, 3.8) is 0 Å². The van der Waals surface area contributed by atoms with E-state index in [9.17, 15) is 14.4 Å². The summed E-state index contributed by atoms with van der Waals surface area (Å²) in [6.07, 6.45) is 0.736. The Morgan fingerprint density at radius 3 is 2.76 bits per heavy atom. The summed E-state index contributed by atoms with van der Waals surface area (Å²) < 4.78 is 2.13. The van der Waals surface area contributed by atoms with Crippen molar-refractivity contribution < 1.29 is 14.4 Å². The molecule has 3 aliphatic rings. The first-order chi connectivity index (χ1) is 15.9. The monoisotopic (exact) mass is 487 g/mol. The third-order valence-corrected chi connectivity index (χ3v) is 8.51. The molecule has 0 spiro atoms. The number of thiazole rings is 1. The molecule has 0 aliphatic carbocycles. The van der Waals surface area contributed by atoms with Gasteiger partial charge in [-0.1, -0.05) is 23.9 Å². The molecular formula is C21H25N7O3S2. The van der Waals surface area contributed by atoms with Crippen LogP contribution < -0.4 is 11.1 Å². The van der Waals surface area contributed by atoms with Gasteiger partial charge in [0.05, 0.1) is 10.2 Å². The quantitative estimate of drug-likeness (QED) is 0.606. The number of benzene rings is 1. The number of aliphatic imine (C=N–C) groups is 1. The number of carbonyl (C=O) groups excluding carboxylic acids is 3. The van der Waals surface area contributed by atoms with E-state index in [0.29, 0.717) is 44.2 Å². The van der Waals surface area contributed by atoms with Crippen LogP contribution in [0.2, 0.25) is 0 Å². The number of nitrogens with zero attached hydrogens (tertiary/aromatic N) is 5. The van der Waals surface area contributed by atoms with E-state index in [-0.39, 0.29) is 17.7 Å². The van der Waals surface area contributed by atoms with Crippen molar-refractivity contribution in [3.05, 3.63) is 24.3 Å². The summed E-state index contributed by atoms with van der Waals surface area (Å²) >= 11 is 3.30. The number of nitrogens with one attached hydrogen (secondary N) is 1. The van der Waals surface area contributed by atoms with Gasteiger partial charge in [0, 0.05) is 38.4 Å². The summed E-state index contributed by atoms with van der Waals surface area (Å²) in [7, 11) is 1.65. The van der Waals surface area contributed by atoms with Crippen molar-refractivity contribution in [1.29, 1.82) is 0 Å². The Labute approximate surface area is 199 Å². The van der Waals surface area contributed by atoms with Gasteiger partial charge in [-0.25, -0.2) is 14.8 Å². The molecule has 3 N–H and O–H groups in total. The van der Waals surface area contributed by atoms with Gasteiger partial charge in [0.25, 0.3) is 5.91 Å². The molecule has 2 atom stereocenters. The van der Waals surface area contributed by atoms with Gasteiger partial charge in [0.1, 0.15) is 0 Å². The van der Waals surface area contributed by atoms with Crippen LogP contribution in [0, 0.1) is 5.92 Å². The Balaban J connectivity index is 1.33. The van der Waals surface area contributed by atoms with Crippen LogP contribution in [0.1, 0.15) is 12.8 Å². The standard InChI is InChI=1S/C21H25N7O3S2/c1-26-17-15(18(30)25-20(26)31)28(19(24-17)27-8-6-12(7-9-27)16(22)29)10-11-32-21-23-13-4-2-3-5-14(13)33-21/h2-5,12,15,17H,6-11H2,1H3,(H2,22,29)(H,25,30,31). The van der Waals surface area contributed by atoms with E-state index in [1.54, 1.807) is 30.1 Å². The number of likely N-dealkylation sites (tertiary alicyclic amines) is 1. The van der Waals surface area contributed by atoms with Crippen molar-refractivity contribution in [1.82, 2.24) is 25.0 Å². The fraction of sp³-hybridized carbons (Fsp3) is 0.476. The number of carbonyl (C=O) groups is 3. The summed E-state index contributed by atoms with van der Waals surface area (Å²) in [4.78, 5) is 51.6. The molecule has 2 saturated heterocycles. The van der Waals surface area contributed by atoms with Gasteiger partial charge in [-0.3, -0.25) is 14.9 Å². The number of piperidine rings is 1. The van der Waals surface area contributed by atoms with Crippen molar-refractivity contribution >= 4 is 57.1 Å². The molecule has 1 aromatic heterocycles. The molecule has 33 heavy (non-hydrogen) atoms. The smallest absolute Gasteiger partial charge is 0.325 e. The summed E-state index contributed by atoms with van der Waals surface area (Å²) in [5, 5.41) is 2.44. The first kappa shape index (κ1) is 22.0. The van der Waals surface area contributed by atoms with E-state index in [2.05, 4.69) is 21.3 Å². The van der Waals surface area contributed by atoms with Crippen LogP contribution in [0.25, 0.3) is 10.2 Å². The number of thioether (sulfide) groups is 1. The number of primary amides is 1. The third-order valence-electron chi connectivity index (χ3n) is 6.35. The molecule has 0 saturated carbocycles. The highest BCUT2D eigenvalue weighted by Crippen LogP contribution is 2.31. The predicted molar refractivity (Wildman–Crippen MR) is 127 cm³/mol. The highest BCUT2D eigenvalue weighted by molar-refractivity contribution is 8.01. The Bertz CT molecular complexity index is 1100. The van der Waals surface area contributed by atoms with Crippen LogP contribution in [0.4, 0.5) is 4.79 Å². The van der Waals surface area contributed by atoms with Gasteiger partial charge in [0.2, 0.25) is 5.91 Å². The zero-order valence-corrected chi connectivity index (χ0v) is 19.8. The van der Waals surface area contributed by atoms with Gasteiger partial charge in [-0.15, -0.1) is 11.3 Å². The second-order valence-electron chi connectivity index (χ2n) is 8.35. The maximum absolute atomic E-state index is 12.8. The zero-order chi connectivity index (χ0) is 23.1. The van der Waals surface area contributed by atoms with E-state index in [1.807, 2.05) is 23.1 Å². The number of aromatic nitrogens is 1. The average Bonchev–Trinajstić information content (AvgIpc) is 3.39. The summed E-state index contributed by atoms with van der Waals surface area (Å²) in [6.45, 7) is 1.84. The number of amides is 4. The topological polar surface area (TPSA) is 124 Å². The molecule has 0 radical (unpaired) electrons. The minimum atomic E-state index is -0.576. The van der Waals surface area contributed by atoms with E-state index in [0.717, 1.165) is 14.6 Å². The molecule has 174 valence electrons. The molecule has 4 amide bonds. The molecule has 12 heteroatoms. The number of hydrogen-bond donors (Lipinski definition) is 2. The predicted octanol–water partition coefficient (Wildman–Crippen LogP) is 1.13. The maximum Gasteiger partial charge on any atom is 0.325 e. The number of urea groups is 1. The number of imide groups is 1. The molecule has 3 aliphatic heterocycles. The molecule has 10 nitrogen and oxygen atoms in total. The molecule has 4 heterocycles. The lowest BCUT2D eigenvalue weighted by atomic mass is 9.96. The summed E-state index contributed by atoms with van der Waals surface area (Å²) in [5.74, 6) is 0.671. The number of fused-ring (bicyclic) bond motifs is 2. The Morgan fingerprint density at radius 1 is 1.27 bits per heavy atom. The Morgan fingerprint density at radius 2 is 2.03 bits per heavy atom. The number of guanidine groups is 1.